The molecule has 6 nitrogen and oxygen atoms in total. The average Bonchev–Trinajstić information content (AvgIpc) is 3.21. The van der Waals surface area contributed by atoms with Gasteiger partial charge in [-0.25, -0.2) is 4.98 Å². The molecule has 4 heterocycles. The standard InChI is InChI=1S/C24H21BrClF3N4O2/c1-32-12-19(21(31-32)24(27,28)29)16-8-13(2-5-25)9-17-15(16)3-6-33(23(17)34)20-4-7-35-22-18(20)10-14(26)11-30-22/h8-12,20H,2-7H2,1H3/t20-/m0/s1. The van der Waals surface area contributed by atoms with E-state index in [0.29, 0.717) is 65.3 Å². The van der Waals surface area contributed by atoms with E-state index in [9.17, 15) is 18.0 Å². The molecule has 0 fully saturated rings. The van der Waals surface area contributed by atoms with Crippen LogP contribution in [0, 0.1) is 0 Å². The number of halogens is 5. The molecule has 0 bridgehead atoms. The summed E-state index contributed by atoms with van der Waals surface area (Å²) in [6.45, 7) is 0.761. The van der Waals surface area contributed by atoms with Gasteiger partial charge in [0.05, 0.1) is 17.7 Å². The van der Waals surface area contributed by atoms with E-state index < -0.39 is 11.9 Å². The number of ether oxygens (including phenoxy) is 1. The second kappa shape index (κ2) is 9.13. The number of hydrogen-bond donors (Lipinski definition) is 0. The Balaban J connectivity index is 1.62. The van der Waals surface area contributed by atoms with Gasteiger partial charge in [-0.1, -0.05) is 33.6 Å². The smallest absolute Gasteiger partial charge is 0.435 e. The number of aryl methyl sites for hydroxylation is 2. The van der Waals surface area contributed by atoms with Crippen molar-refractivity contribution in [1.29, 1.82) is 0 Å². The van der Waals surface area contributed by atoms with Gasteiger partial charge in [0.25, 0.3) is 5.91 Å². The topological polar surface area (TPSA) is 60.2 Å². The first-order chi connectivity index (χ1) is 16.7. The normalized spacial score (nSPS) is 17.7. The van der Waals surface area contributed by atoms with Crippen LogP contribution < -0.4 is 4.74 Å². The summed E-state index contributed by atoms with van der Waals surface area (Å²) in [6, 6.07) is 5.03. The number of amides is 1. The van der Waals surface area contributed by atoms with Gasteiger partial charge < -0.3 is 9.64 Å². The molecule has 2 aromatic heterocycles. The van der Waals surface area contributed by atoms with Crippen LogP contribution in [0.2, 0.25) is 5.02 Å². The number of alkyl halides is 4. The fourth-order valence-corrected chi connectivity index (χ4v) is 5.54. The highest BCUT2D eigenvalue weighted by molar-refractivity contribution is 9.09. The van der Waals surface area contributed by atoms with Crippen LogP contribution in [0.3, 0.4) is 0 Å². The van der Waals surface area contributed by atoms with Crippen LogP contribution in [0.4, 0.5) is 13.2 Å². The summed E-state index contributed by atoms with van der Waals surface area (Å²) in [5, 5.41) is 4.73. The third-order valence-corrected chi connectivity index (χ3v) is 6.99. The monoisotopic (exact) mass is 568 g/mol. The Hall–Kier alpha value is -2.59. The van der Waals surface area contributed by atoms with Gasteiger partial charge in [0.15, 0.2) is 5.69 Å². The summed E-state index contributed by atoms with van der Waals surface area (Å²) >= 11 is 9.57. The Morgan fingerprint density at radius 3 is 2.74 bits per heavy atom. The molecular weight excluding hydrogens is 549 g/mol. The Morgan fingerprint density at radius 2 is 2.00 bits per heavy atom. The third-order valence-electron chi connectivity index (χ3n) is 6.39. The minimum atomic E-state index is -4.61. The molecule has 0 N–H and O–H groups in total. The fourth-order valence-electron chi connectivity index (χ4n) is 4.91. The van der Waals surface area contributed by atoms with E-state index in [-0.39, 0.29) is 17.5 Å². The summed E-state index contributed by atoms with van der Waals surface area (Å²) in [7, 11) is 1.46. The first kappa shape index (κ1) is 24.1. The highest BCUT2D eigenvalue weighted by atomic mass is 79.9. The molecule has 0 radical (unpaired) electrons. The summed E-state index contributed by atoms with van der Waals surface area (Å²) in [6.07, 6.45) is -0.189. The molecule has 2 aliphatic heterocycles. The Kier molecular flexibility index (Phi) is 6.29. The number of aromatic nitrogens is 3. The largest absolute Gasteiger partial charge is 0.477 e. The third kappa shape index (κ3) is 4.42. The van der Waals surface area contributed by atoms with Crippen molar-refractivity contribution in [1.82, 2.24) is 19.7 Å². The van der Waals surface area contributed by atoms with Crippen molar-refractivity contribution in [3.63, 3.8) is 0 Å². The molecule has 5 rings (SSSR count). The first-order valence-electron chi connectivity index (χ1n) is 11.1. The molecule has 0 saturated carbocycles. The minimum Gasteiger partial charge on any atom is -0.477 e. The zero-order valence-corrected chi connectivity index (χ0v) is 21.0. The lowest BCUT2D eigenvalue weighted by Gasteiger charge is -2.38. The maximum atomic E-state index is 13.8. The van der Waals surface area contributed by atoms with Crippen molar-refractivity contribution in [3.05, 3.63) is 63.6 Å². The molecule has 0 spiro atoms. The van der Waals surface area contributed by atoms with Crippen LogP contribution in [0.15, 0.2) is 30.6 Å². The molecule has 0 saturated heterocycles. The van der Waals surface area contributed by atoms with Gasteiger partial charge in [0, 0.05) is 54.4 Å². The Bertz CT molecular complexity index is 1310. The average molecular weight is 570 g/mol. The SMILES string of the molecule is Cn1cc(-c2cc(CCBr)cc3c2CCN([C@H]2CCOc4ncc(Cl)cc42)C3=O)c(C(F)(F)F)n1. The van der Waals surface area contributed by atoms with Crippen LogP contribution in [0.1, 0.15) is 45.2 Å². The maximum absolute atomic E-state index is 13.8. The van der Waals surface area contributed by atoms with E-state index in [1.54, 1.807) is 23.1 Å². The van der Waals surface area contributed by atoms with Crippen LogP contribution in [0.5, 0.6) is 5.88 Å². The lowest BCUT2D eigenvalue weighted by Crippen LogP contribution is -2.42. The predicted octanol–water partition coefficient (Wildman–Crippen LogP) is 5.61. The lowest BCUT2D eigenvalue weighted by molar-refractivity contribution is -0.140. The van der Waals surface area contributed by atoms with Gasteiger partial charge in [-0.2, -0.15) is 18.3 Å². The minimum absolute atomic E-state index is 0.0127. The second-order valence-electron chi connectivity index (χ2n) is 8.62. The number of fused-ring (bicyclic) bond motifs is 2. The number of rotatable bonds is 4. The Labute approximate surface area is 213 Å². The number of carbonyl (C=O) groups is 1. The number of nitrogens with zero attached hydrogens (tertiary/aromatic N) is 4. The molecule has 1 aromatic carbocycles. The van der Waals surface area contributed by atoms with Gasteiger partial charge in [-0.3, -0.25) is 9.48 Å². The van der Waals surface area contributed by atoms with Gasteiger partial charge >= 0.3 is 6.18 Å². The molecule has 2 aliphatic rings. The van der Waals surface area contributed by atoms with Crippen molar-refractivity contribution in [3.8, 4) is 17.0 Å². The number of carbonyl (C=O) groups excluding carboxylic acids is 1. The van der Waals surface area contributed by atoms with Gasteiger partial charge in [-0.15, -0.1) is 0 Å². The Morgan fingerprint density at radius 1 is 1.23 bits per heavy atom. The molecule has 184 valence electrons. The number of benzene rings is 1. The summed E-state index contributed by atoms with van der Waals surface area (Å²) in [4.78, 5) is 19.8. The van der Waals surface area contributed by atoms with E-state index in [0.717, 1.165) is 15.8 Å². The van der Waals surface area contributed by atoms with Gasteiger partial charge in [0.2, 0.25) is 5.88 Å². The van der Waals surface area contributed by atoms with Crippen molar-refractivity contribution in [2.75, 3.05) is 18.5 Å². The molecule has 1 atom stereocenters. The van der Waals surface area contributed by atoms with Crippen LogP contribution in [-0.2, 0) is 26.1 Å². The van der Waals surface area contributed by atoms with E-state index in [1.165, 1.54) is 19.4 Å². The van der Waals surface area contributed by atoms with Crippen molar-refractivity contribution in [2.24, 2.45) is 7.05 Å². The molecule has 11 heteroatoms. The van der Waals surface area contributed by atoms with E-state index >= 15 is 0 Å². The highest BCUT2D eigenvalue weighted by Gasteiger charge is 2.40. The summed E-state index contributed by atoms with van der Waals surface area (Å²) in [5.74, 6) is 0.224. The van der Waals surface area contributed by atoms with E-state index in [4.69, 9.17) is 16.3 Å². The molecular formula is C24H21BrClF3N4O2. The van der Waals surface area contributed by atoms with Gasteiger partial charge in [-0.05, 0) is 41.7 Å². The van der Waals surface area contributed by atoms with Crippen molar-refractivity contribution in [2.45, 2.75) is 31.5 Å². The summed E-state index contributed by atoms with van der Waals surface area (Å²) in [5.41, 5.74) is 1.99. The van der Waals surface area contributed by atoms with E-state index in [1.807, 2.05) is 0 Å². The van der Waals surface area contributed by atoms with Crippen LogP contribution >= 0.6 is 27.5 Å². The lowest BCUT2D eigenvalue weighted by atomic mass is 9.86. The maximum Gasteiger partial charge on any atom is 0.435 e. The number of hydrogen-bond acceptors (Lipinski definition) is 4. The zero-order valence-electron chi connectivity index (χ0n) is 18.7. The fraction of sp³-hybridized carbons (Fsp3) is 0.375. The van der Waals surface area contributed by atoms with E-state index in [2.05, 4.69) is 26.0 Å². The molecule has 0 aliphatic carbocycles. The molecule has 1 amide bonds. The molecule has 35 heavy (non-hydrogen) atoms. The van der Waals surface area contributed by atoms with Gasteiger partial charge in [0.1, 0.15) is 0 Å². The first-order valence-corrected chi connectivity index (χ1v) is 12.6. The van der Waals surface area contributed by atoms with Crippen molar-refractivity contribution >= 4 is 33.4 Å². The number of pyridine rings is 1. The van der Waals surface area contributed by atoms with Crippen LogP contribution in [-0.4, -0.2) is 44.1 Å². The highest BCUT2D eigenvalue weighted by Crippen LogP contribution is 2.42. The molecule has 3 aromatic rings. The second-order valence-corrected chi connectivity index (χ2v) is 9.85. The van der Waals surface area contributed by atoms with Crippen molar-refractivity contribution < 1.29 is 22.7 Å². The predicted molar refractivity (Wildman–Crippen MR) is 128 cm³/mol. The zero-order chi connectivity index (χ0) is 24.9. The van der Waals surface area contributed by atoms with Crippen LogP contribution in [0.25, 0.3) is 11.1 Å². The summed E-state index contributed by atoms with van der Waals surface area (Å²) < 4.78 is 48.2. The molecule has 0 unspecified atom stereocenters. The quantitative estimate of drug-likeness (QED) is 0.383.